The van der Waals surface area contributed by atoms with Crippen LogP contribution in [0.4, 0.5) is 5.69 Å². The van der Waals surface area contributed by atoms with Crippen LogP contribution in [-0.4, -0.2) is 6.21 Å². The van der Waals surface area contributed by atoms with Gasteiger partial charge in [-0.3, -0.25) is 5.43 Å². The van der Waals surface area contributed by atoms with Crippen LogP contribution in [0.3, 0.4) is 0 Å². The van der Waals surface area contributed by atoms with Crippen LogP contribution in [0.5, 0.6) is 0 Å². The van der Waals surface area contributed by atoms with Crippen molar-refractivity contribution in [2.24, 2.45) is 5.10 Å². The third kappa shape index (κ3) is 3.11. The van der Waals surface area contributed by atoms with Gasteiger partial charge in [-0.05, 0) is 29.8 Å². The lowest BCUT2D eigenvalue weighted by Gasteiger charge is -1.98. The molecular formula is C13H11ClN2. The Hall–Kier alpha value is -1.80. The molecule has 0 fully saturated rings. The maximum atomic E-state index is 5.86. The zero-order valence-corrected chi connectivity index (χ0v) is 9.35. The minimum absolute atomic E-state index is 0.712. The van der Waals surface area contributed by atoms with Crippen molar-refractivity contribution in [1.82, 2.24) is 0 Å². The standard InChI is InChI=1S/C13H11ClN2/c14-12-6-4-5-11(9-12)10-15-16-13-7-2-1-3-8-13/h1-10,16H/b15-10+. The average molecular weight is 231 g/mol. The normalized spacial score (nSPS) is 10.6. The van der Waals surface area contributed by atoms with Crippen molar-refractivity contribution >= 4 is 23.5 Å². The summed E-state index contributed by atoms with van der Waals surface area (Å²) in [6.45, 7) is 0. The van der Waals surface area contributed by atoms with Gasteiger partial charge in [0.25, 0.3) is 0 Å². The molecule has 0 spiro atoms. The lowest BCUT2D eigenvalue weighted by molar-refractivity contribution is 1.35. The zero-order valence-electron chi connectivity index (χ0n) is 8.60. The summed E-state index contributed by atoms with van der Waals surface area (Å²) in [7, 11) is 0. The van der Waals surface area contributed by atoms with Crippen molar-refractivity contribution < 1.29 is 0 Å². The molecule has 0 aliphatic heterocycles. The van der Waals surface area contributed by atoms with Gasteiger partial charge in [0.2, 0.25) is 0 Å². The van der Waals surface area contributed by atoms with Gasteiger partial charge in [0.05, 0.1) is 11.9 Å². The molecule has 80 valence electrons. The number of hydrazone groups is 1. The van der Waals surface area contributed by atoms with Gasteiger partial charge in [-0.25, -0.2) is 0 Å². The molecule has 2 rings (SSSR count). The molecule has 16 heavy (non-hydrogen) atoms. The van der Waals surface area contributed by atoms with Crippen LogP contribution in [-0.2, 0) is 0 Å². The van der Waals surface area contributed by atoms with Crippen LogP contribution in [0.2, 0.25) is 5.02 Å². The van der Waals surface area contributed by atoms with Gasteiger partial charge < -0.3 is 0 Å². The van der Waals surface area contributed by atoms with Gasteiger partial charge in [-0.2, -0.15) is 5.10 Å². The maximum absolute atomic E-state index is 5.86. The SMILES string of the molecule is Clc1cccc(/C=N/Nc2ccccc2)c1. The molecule has 2 aromatic carbocycles. The molecule has 0 unspecified atom stereocenters. The fourth-order valence-electron chi connectivity index (χ4n) is 1.28. The van der Waals surface area contributed by atoms with Gasteiger partial charge in [0, 0.05) is 5.02 Å². The lowest BCUT2D eigenvalue weighted by atomic mass is 10.2. The molecular weight excluding hydrogens is 220 g/mol. The van der Waals surface area contributed by atoms with Gasteiger partial charge in [-0.15, -0.1) is 0 Å². The summed E-state index contributed by atoms with van der Waals surface area (Å²) in [6.07, 6.45) is 1.74. The van der Waals surface area contributed by atoms with Crippen molar-refractivity contribution in [3.05, 3.63) is 65.2 Å². The van der Waals surface area contributed by atoms with E-state index in [9.17, 15) is 0 Å². The summed E-state index contributed by atoms with van der Waals surface area (Å²) in [6, 6.07) is 17.3. The van der Waals surface area contributed by atoms with Crippen LogP contribution >= 0.6 is 11.6 Å². The highest BCUT2D eigenvalue weighted by Crippen LogP contribution is 2.09. The smallest absolute Gasteiger partial charge is 0.0561 e. The van der Waals surface area contributed by atoms with E-state index in [0.717, 1.165) is 11.3 Å². The van der Waals surface area contributed by atoms with Crippen molar-refractivity contribution in [3.63, 3.8) is 0 Å². The van der Waals surface area contributed by atoms with Crippen LogP contribution in [0.1, 0.15) is 5.56 Å². The molecule has 0 bridgehead atoms. The molecule has 0 aliphatic rings. The molecule has 0 amide bonds. The Bertz CT molecular complexity index is 480. The second-order valence-electron chi connectivity index (χ2n) is 3.29. The Morgan fingerprint density at radius 1 is 1.00 bits per heavy atom. The van der Waals surface area contributed by atoms with E-state index in [1.54, 1.807) is 6.21 Å². The summed E-state index contributed by atoms with van der Waals surface area (Å²) >= 11 is 5.86. The van der Waals surface area contributed by atoms with Crippen LogP contribution < -0.4 is 5.43 Å². The first-order valence-electron chi connectivity index (χ1n) is 4.94. The third-order valence-corrected chi connectivity index (χ3v) is 2.26. The highest BCUT2D eigenvalue weighted by atomic mass is 35.5. The molecule has 2 nitrogen and oxygen atoms in total. The van der Waals surface area contributed by atoms with Gasteiger partial charge in [0.15, 0.2) is 0 Å². The second kappa shape index (κ2) is 5.33. The minimum Gasteiger partial charge on any atom is -0.279 e. The predicted octanol–water partition coefficient (Wildman–Crippen LogP) is 3.79. The molecule has 0 heterocycles. The quantitative estimate of drug-likeness (QED) is 0.630. The molecule has 0 radical (unpaired) electrons. The van der Waals surface area contributed by atoms with E-state index in [0.29, 0.717) is 5.02 Å². The van der Waals surface area contributed by atoms with E-state index >= 15 is 0 Å². The number of rotatable bonds is 3. The van der Waals surface area contributed by atoms with E-state index in [-0.39, 0.29) is 0 Å². The molecule has 0 atom stereocenters. The number of benzene rings is 2. The largest absolute Gasteiger partial charge is 0.279 e. The summed E-state index contributed by atoms with van der Waals surface area (Å²) in [4.78, 5) is 0. The number of nitrogens with zero attached hydrogens (tertiary/aromatic N) is 1. The Kier molecular flexibility index (Phi) is 3.57. The minimum atomic E-state index is 0.712. The average Bonchev–Trinajstić information content (AvgIpc) is 2.30. The maximum Gasteiger partial charge on any atom is 0.0561 e. The Labute approximate surface area is 99.6 Å². The topological polar surface area (TPSA) is 24.4 Å². The van der Waals surface area contributed by atoms with Crippen LogP contribution in [0, 0.1) is 0 Å². The molecule has 2 aromatic rings. The zero-order chi connectivity index (χ0) is 11.2. The van der Waals surface area contributed by atoms with E-state index in [1.165, 1.54) is 0 Å². The van der Waals surface area contributed by atoms with Crippen LogP contribution in [0.15, 0.2) is 59.7 Å². The van der Waals surface area contributed by atoms with E-state index in [1.807, 2.05) is 54.6 Å². The third-order valence-electron chi connectivity index (χ3n) is 2.03. The summed E-state index contributed by atoms with van der Waals surface area (Å²) in [5.41, 5.74) is 4.87. The molecule has 1 N–H and O–H groups in total. The van der Waals surface area contributed by atoms with E-state index in [4.69, 9.17) is 11.6 Å². The number of anilines is 1. The molecule has 3 heteroatoms. The summed E-state index contributed by atoms with van der Waals surface area (Å²) in [5, 5.41) is 4.83. The van der Waals surface area contributed by atoms with Crippen molar-refractivity contribution in [3.8, 4) is 0 Å². The van der Waals surface area contributed by atoms with Gasteiger partial charge in [0.1, 0.15) is 0 Å². The van der Waals surface area contributed by atoms with Gasteiger partial charge >= 0.3 is 0 Å². The molecule has 0 saturated carbocycles. The number of hydrogen-bond donors (Lipinski definition) is 1. The molecule has 0 aromatic heterocycles. The first-order valence-corrected chi connectivity index (χ1v) is 5.32. The van der Waals surface area contributed by atoms with Crippen molar-refractivity contribution in [2.75, 3.05) is 5.43 Å². The van der Waals surface area contributed by atoms with E-state index < -0.39 is 0 Å². The number of para-hydroxylation sites is 1. The highest BCUT2D eigenvalue weighted by Gasteiger charge is 1.89. The fourth-order valence-corrected chi connectivity index (χ4v) is 1.48. The van der Waals surface area contributed by atoms with Gasteiger partial charge in [-0.1, -0.05) is 41.9 Å². The first-order chi connectivity index (χ1) is 7.84. The Morgan fingerprint density at radius 2 is 1.81 bits per heavy atom. The molecule has 0 saturated heterocycles. The fraction of sp³-hybridized carbons (Fsp3) is 0. The monoisotopic (exact) mass is 230 g/mol. The first kappa shape index (κ1) is 10.7. The number of hydrogen-bond acceptors (Lipinski definition) is 2. The lowest BCUT2D eigenvalue weighted by Crippen LogP contribution is -1.89. The van der Waals surface area contributed by atoms with E-state index in [2.05, 4.69) is 10.5 Å². The van der Waals surface area contributed by atoms with Crippen LogP contribution in [0.25, 0.3) is 0 Å². The van der Waals surface area contributed by atoms with Crippen molar-refractivity contribution in [2.45, 2.75) is 0 Å². The number of nitrogens with one attached hydrogen (secondary N) is 1. The second-order valence-corrected chi connectivity index (χ2v) is 3.73. The molecule has 0 aliphatic carbocycles. The summed E-state index contributed by atoms with van der Waals surface area (Å²) < 4.78 is 0. The predicted molar refractivity (Wildman–Crippen MR) is 69.1 cm³/mol. The number of halogens is 1. The van der Waals surface area contributed by atoms with Crippen molar-refractivity contribution in [1.29, 1.82) is 0 Å². The highest BCUT2D eigenvalue weighted by molar-refractivity contribution is 6.30. The summed E-state index contributed by atoms with van der Waals surface area (Å²) in [5.74, 6) is 0. The Morgan fingerprint density at radius 3 is 2.56 bits per heavy atom. The Balaban J connectivity index is 2.00.